The predicted molar refractivity (Wildman–Crippen MR) is 58.5 cm³/mol. The summed E-state index contributed by atoms with van der Waals surface area (Å²) in [5.41, 5.74) is 1.13. The number of hydrogen-bond acceptors (Lipinski definition) is 1. The van der Waals surface area contributed by atoms with Crippen LogP contribution in [0, 0.1) is 0 Å². The lowest BCUT2D eigenvalue weighted by Crippen LogP contribution is -1.81. The summed E-state index contributed by atoms with van der Waals surface area (Å²) < 4.78 is 0. The summed E-state index contributed by atoms with van der Waals surface area (Å²) in [6, 6.07) is 5.37. The van der Waals surface area contributed by atoms with Crippen molar-refractivity contribution in [3.8, 4) is 5.75 Å². The average Bonchev–Trinajstić information content (AvgIpc) is 2.15. The van der Waals surface area contributed by atoms with Crippen LogP contribution in [0.25, 0.3) is 0 Å². The summed E-state index contributed by atoms with van der Waals surface area (Å²) in [7, 11) is 0. The predicted octanol–water partition coefficient (Wildman–Crippen LogP) is 4.02. The van der Waals surface area contributed by atoms with Crippen LogP contribution in [0.5, 0.6) is 5.75 Å². The maximum Gasteiger partial charge on any atom is 0.134 e. The van der Waals surface area contributed by atoms with E-state index in [9.17, 15) is 5.11 Å². The fourth-order valence-electron chi connectivity index (χ4n) is 1.00. The van der Waals surface area contributed by atoms with Crippen molar-refractivity contribution in [2.75, 3.05) is 0 Å². The van der Waals surface area contributed by atoms with E-state index in [0.717, 1.165) is 18.4 Å². The van der Waals surface area contributed by atoms with Crippen LogP contribution in [0.4, 0.5) is 0 Å². The molecule has 74 valence electrons. The summed E-state index contributed by atoms with van der Waals surface area (Å²) in [6.07, 6.45) is 2.08. The topological polar surface area (TPSA) is 20.2 Å². The Kier molecular flexibility index (Phi) is 6.43. The van der Waals surface area contributed by atoms with Gasteiger partial charge in [-0.3, -0.25) is 0 Å². The Bertz CT molecular complexity index is 246. The molecule has 1 nitrogen and oxygen atoms in total. The lowest BCUT2D eigenvalue weighted by Gasteiger charge is -2.00. The molecule has 2 heteroatoms. The normalized spacial score (nSPS) is 8.92. The molecular formula is C11H17ClO. The van der Waals surface area contributed by atoms with Crippen molar-refractivity contribution < 1.29 is 5.11 Å². The number of phenols is 1. The van der Waals surface area contributed by atoms with Gasteiger partial charge >= 0.3 is 0 Å². The number of phenolic OH excluding ortho intramolecular Hbond substituents is 1. The van der Waals surface area contributed by atoms with Gasteiger partial charge in [-0.1, -0.05) is 44.9 Å². The van der Waals surface area contributed by atoms with Crippen molar-refractivity contribution in [2.45, 2.75) is 33.6 Å². The maximum absolute atomic E-state index is 9.19. The second-order valence-electron chi connectivity index (χ2n) is 2.54. The molecule has 0 fully saturated rings. The van der Waals surface area contributed by atoms with Gasteiger partial charge in [-0.25, -0.2) is 0 Å². The second-order valence-corrected chi connectivity index (χ2v) is 2.94. The van der Waals surface area contributed by atoms with Gasteiger partial charge in [-0.05, 0) is 24.1 Å². The highest BCUT2D eigenvalue weighted by Crippen LogP contribution is 2.23. The van der Waals surface area contributed by atoms with E-state index >= 15 is 0 Å². The first-order chi connectivity index (χ1) is 6.24. The fraction of sp³-hybridized carbons (Fsp3) is 0.455. The van der Waals surface area contributed by atoms with Gasteiger partial charge in [0.1, 0.15) is 5.75 Å². The standard InChI is InChI=1S/C9H11ClO.C2H6/c1-2-3-7-4-5-8(10)9(11)6-7;1-2/h4-6,11H,2-3H2,1H3;1-2H3. The molecule has 0 heterocycles. The first-order valence-corrected chi connectivity index (χ1v) is 5.09. The molecule has 0 radical (unpaired) electrons. The molecule has 0 unspecified atom stereocenters. The molecule has 0 saturated carbocycles. The van der Waals surface area contributed by atoms with Gasteiger partial charge in [0.25, 0.3) is 0 Å². The molecular weight excluding hydrogens is 184 g/mol. The van der Waals surface area contributed by atoms with Crippen molar-refractivity contribution in [3.63, 3.8) is 0 Å². The van der Waals surface area contributed by atoms with Crippen molar-refractivity contribution in [1.29, 1.82) is 0 Å². The molecule has 13 heavy (non-hydrogen) atoms. The summed E-state index contributed by atoms with van der Waals surface area (Å²) >= 11 is 5.63. The number of hydrogen-bond donors (Lipinski definition) is 1. The van der Waals surface area contributed by atoms with Crippen LogP contribution in [-0.2, 0) is 6.42 Å². The number of aromatic hydroxyl groups is 1. The third-order valence-electron chi connectivity index (χ3n) is 1.55. The Morgan fingerprint density at radius 3 is 2.38 bits per heavy atom. The second kappa shape index (κ2) is 6.79. The van der Waals surface area contributed by atoms with Gasteiger partial charge in [0.05, 0.1) is 5.02 Å². The largest absolute Gasteiger partial charge is 0.506 e. The molecule has 0 aliphatic rings. The molecule has 1 rings (SSSR count). The van der Waals surface area contributed by atoms with Crippen LogP contribution in [-0.4, -0.2) is 5.11 Å². The summed E-state index contributed by atoms with van der Waals surface area (Å²) in [5, 5.41) is 9.62. The van der Waals surface area contributed by atoms with E-state index in [2.05, 4.69) is 6.92 Å². The zero-order valence-electron chi connectivity index (χ0n) is 8.47. The molecule has 0 aromatic heterocycles. The van der Waals surface area contributed by atoms with Gasteiger partial charge in [-0.15, -0.1) is 0 Å². The first-order valence-electron chi connectivity index (χ1n) is 4.71. The van der Waals surface area contributed by atoms with Crippen LogP contribution in [0.15, 0.2) is 18.2 Å². The van der Waals surface area contributed by atoms with Crippen molar-refractivity contribution >= 4 is 11.6 Å². The van der Waals surface area contributed by atoms with Crippen molar-refractivity contribution in [1.82, 2.24) is 0 Å². The minimum Gasteiger partial charge on any atom is -0.506 e. The highest BCUT2D eigenvalue weighted by atomic mass is 35.5. The zero-order chi connectivity index (χ0) is 10.3. The van der Waals surface area contributed by atoms with Crippen LogP contribution < -0.4 is 0 Å². The van der Waals surface area contributed by atoms with E-state index in [1.165, 1.54) is 0 Å². The lowest BCUT2D eigenvalue weighted by atomic mass is 10.1. The quantitative estimate of drug-likeness (QED) is 0.765. The molecule has 1 N–H and O–H groups in total. The highest BCUT2D eigenvalue weighted by Gasteiger charge is 1.97. The van der Waals surface area contributed by atoms with Crippen LogP contribution in [0.1, 0.15) is 32.8 Å². The van der Waals surface area contributed by atoms with Gasteiger partial charge in [0.2, 0.25) is 0 Å². The Labute approximate surface area is 85.4 Å². The fourth-order valence-corrected chi connectivity index (χ4v) is 1.12. The number of halogens is 1. The van der Waals surface area contributed by atoms with Gasteiger partial charge in [0, 0.05) is 0 Å². The van der Waals surface area contributed by atoms with Crippen molar-refractivity contribution in [2.24, 2.45) is 0 Å². The highest BCUT2D eigenvalue weighted by molar-refractivity contribution is 6.31. The van der Waals surface area contributed by atoms with E-state index in [4.69, 9.17) is 11.6 Å². The van der Waals surface area contributed by atoms with Crippen LogP contribution in [0.2, 0.25) is 5.02 Å². The smallest absolute Gasteiger partial charge is 0.134 e. The van der Waals surface area contributed by atoms with E-state index in [1.807, 2.05) is 19.9 Å². The van der Waals surface area contributed by atoms with Crippen LogP contribution in [0.3, 0.4) is 0 Å². The number of benzene rings is 1. The van der Waals surface area contributed by atoms with Crippen LogP contribution >= 0.6 is 11.6 Å². The maximum atomic E-state index is 9.19. The molecule has 0 atom stereocenters. The first kappa shape index (κ1) is 12.3. The van der Waals surface area contributed by atoms with E-state index in [0.29, 0.717) is 5.02 Å². The summed E-state index contributed by atoms with van der Waals surface area (Å²) in [4.78, 5) is 0. The van der Waals surface area contributed by atoms with Gasteiger partial charge < -0.3 is 5.11 Å². The molecule has 0 saturated heterocycles. The zero-order valence-corrected chi connectivity index (χ0v) is 9.23. The molecule has 0 aliphatic carbocycles. The Hall–Kier alpha value is -0.690. The molecule has 0 spiro atoms. The Morgan fingerprint density at radius 2 is 1.92 bits per heavy atom. The molecule has 0 bridgehead atoms. The molecule has 0 amide bonds. The molecule has 1 aromatic carbocycles. The third kappa shape index (κ3) is 4.18. The Morgan fingerprint density at radius 1 is 1.31 bits per heavy atom. The number of aryl methyl sites for hydroxylation is 1. The monoisotopic (exact) mass is 200 g/mol. The molecule has 1 aromatic rings. The summed E-state index contributed by atoms with van der Waals surface area (Å²) in [6.45, 7) is 6.10. The molecule has 0 aliphatic heterocycles. The van der Waals surface area contributed by atoms with Gasteiger partial charge in [0.15, 0.2) is 0 Å². The van der Waals surface area contributed by atoms with Gasteiger partial charge in [-0.2, -0.15) is 0 Å². The Balaban J connectivity index is 0.000000671. The van der Waals surface area contributed by atoms with E-state index in [-0.39, 0.29) is 5.75 Å². The third-order valence-corrected chi connectivity index (χ3v) is 1.87. The minimum atomic E-state index is 0.178. The minimum absolute atomic E-state index is 0.178. The van der Waals surface area contributed by atoms with E-state index < -0.39 is 0 Å². The summed E-state index contributed by atoms with van der Waals surface area (Å²) in [5.74, 6) is 0.178. The number of rotatable bonds is 2. The van der Waals surface area contributed by atoms with Crippen molar-refractivity contribution in [3.05, 3.63) is 28.8 Å². The SMILES string of the molecule is CC.CCCc1ccc(Cl)c(O)c1. The average molecular weight is 201 g/mol. The lowest BCUT2D eigenvalue weighted by molar-refractivity contribution is 0.475. The van der Waals surface area contributed by atoms with E-state index in [1.54, 1.807) is 12.1 Å².